The molecular formula is C8H8N2O2. The molecule has 62 valence electrons. The van der Waals surface area contributed by atoms with Crippen molar-refractivity contribution in [3.63, 3.8) is 0 Å². The first-order valence-electron chi connectivity index (χ1n) is 3.59. The summed E-state index contributed by atoms with van der Waals surface area (Å²) in [5, 5.41) is 15.5. The van der Waals surface area contributed by atoms with Gasteiger partial charge in [0, 0.05) is 5.56 Å². The van der Waals surface area contributed by atoms with Crippen molar-refractivity contribution in [2.75, 3.05) is 0 Å². The zero-order chi connectivity index (χ0) is 8.39. The third kappa shape index (κ3) is 1.02. The monoisotopic (exact) mass is 164 g/mol. The molecule has 2 aromatic rings. The van der Waals surface area contributed by atoms with Crippen molar-refractivity contribution < 1.29 is 9.52 Å². The van der Waals surface area contributed by atoms with Crippen molar-refractivity contribution in [3.8, 4) is 11.5 Å². The molecule has 0 saturated carbocycles. The summed E-state index contributed by atoms with van der Waals surface area (Å²) in [5.41, 5.74) is 1.48. The Morgan fingerprint density at radius 1 is 1.58 bits per heavy atom. The summed E-state index contributed by atoms with van der Waals surface area (Å²) in [7, 11) is 0. The van der Waals surface area contributed by atoms with Gasteiger partial charge in [-0.05, 0) is 12.1 Å². The topological polar surface area (TPSA) is 62.1 Å². The Balaban J connectivity index is 2.46. The van der Waals surface area contributed by atoms with E-state index in [1.54, 1.807) is 18.5 Å². The minimum Gasteiger partial charge on any atom is -0.463 e. The van der Waals surface area contributed by atoms with Crippen molar-refractivity contribution in [3.05, 3.63) is 30.2 Å². The molecule has 4 nitrogen and oxygen atoms in total. The maximum absolute atomic E-state index is 8.90. The van der Waals surface area contributed by atoms with Gasteiger partial charge in [0.1, 0.15) is 5.69 Å². The van der Waals surface area contributed by atoms with E-state index in [4.69, 9.17) is 9.52 Å². The molecule has 0 aliphatic rings. The molecule has 2 heterocycles. The Morgan fingerprint density at radius 2 is 2.50 bits per heavy atom. The number of aromatic amines is 1. The fourth-order valence-electron chi connectivity index (χ4n) is 1.07. The van der Waals surface area contributed by atoms with E-state index in [1.165, 1.54) is 0 Å². The molecule has 0 spiro atoms. The quantitative estimate of drug-likeness (QED) is 0.700. The smallest absolute Gasteiger partial charge is 0.152 e. The molecule has 0 fully saturated rings. The van der Waals surface area contributed by atoms with Gasteiger partial charge in [0.15, 0.2) is 5.76 Å². The Labute approximate surface area is 68.8 Å². The van der Waals surface area contributed by atoms with Gasteiger partial charge in [-0.1, -0.05) is 0 Å². The summed E-state index contributed by atoms with van der Waals surface area (Å²) in [6, 6.07) is 3.60. The molecule has 0 bridgehead atoms. The number of hydrogen-bond acceptors (Lipinski definition) is 3. The normalized spacial score (nSPS) is 10.4. The predicted octanol–water partition coefficient (Wildman–Crippen LogP) is 1.16. The van der Waals surface area contributed by atoms with E-state index in [9.17, 15) is 0 Å². The molecule has 2 aromatic heterocycles. The second-order valence-corrected chi connectivity index (χ2v) is 2.41. The molecule has 4 heteroatoms. The number of aliphatic hydroxyl groups excluding tert-OH is 1. The number of hydrogen-bond donors (Lipinski definition) is 2. The van der Waals surface area contributed by atoms with Crippen LogP contribution in [-0.2, 0) is 6.61 Å². The second-order valence-electron chi connectivity index (χ2n) is 2.41. The highest BCUT2D eigenvalue weighted by atomic mass is 16.3. The maximum Gasteiger partial charge on any atom is 0.152 e. The summed E-state index contributed by atoms with van der Waals surface area (Å²) in [6.45, 7) is -0.0352. The van der Waals surface area contributed by atoms with Crippen LogP contribution in [0.15, 0.2) is 29.0 Å². The number of furan rings is 1. The Bertz CT molecular complexity index is 351. The first-order chi connectivity index (χ1) is 5.92. The van der Waals surface area contributed by atoms with Crippen molar-refractivity contribution in [2.45, 2.75) is 6.61 Å². The minimum atomic E-state index is -0.0352. The molecule has 0 saturated heterocycles. The maximum atomic E-state index is 8.90. The Hall–Kier alpha value is -1.55. The number of nitrogens with one attached hydrogen (secondary N) is 1. The number of aliphatic hydroxyl groups is 1. The van der Waals surface area contributed by atoms with Crippen LogP contribution in [0.4, 0.5) is 0 Å². The molecule has 0 atom stereocenters. The van der Waals surface area contributed by atoms with Crippen molar-refractivity contribution >= 4 is 0 Å². The van der Waals surface area contributed by atoms with Crippen LogP contribution in [0, 0.1) is 0 Å². The fraction of sp³-hybridized carbons (Fsp3) is 0.125. The first kappa shape index (κ1) is 7.12. The first-order valence-corrected chi connectivity index (χ1v) is 3.59. The highest BCUT2D eigenvalue weighted by molar-refractivity contribution is 5.55. The number of nitrogens with zero attached hydrogens (tertiary/aromatic N) is 1. The number of rotatable bonds is 2. The van der Waals surface area contributed by atoms with Crippen LogP contribution in [0.3, 0.4) is 0 Å². The largest absolute Gasteiger partial charge is 0.463 e. The van der Waals surface area contributed by atoms with Gasteiger partial charge in [-0.3, -0.25) is 5.10 Å². The van der Waals surface area contributed by atoms with E-state index in [0.717, 1.165) is 11.3 Å². The highest BCUT2D eigenvalue weighted by Gasteiger charge is 2.07. The van der Waals surface area contributed by atoms with Crippen LogP contribution in [0.1, 0.15) is 5.56 Å². The van der Waals surface area contributed by atoms with Crippen molar-refractivity contribution in [2.24, 2.45) is 0 Å². The zero-order valence-corrected chi connectivity index (χ0v) is 6.32. The average molecular weight is 164 g/mol. The van der Waals surface area contributed by atoms with Crippen molar-refractivity contribution in [1.29, 1.82) is 0 Å². The van der Waals surface area contributed by atoms with Crippen molar-refractivity contribution in [1.82, 2.24) is 10.2 Å². The van der Waals surface area contributed by atoms with Gasteiger partial charge < -0.3 is 9.52 Å². The lowest BCUT2D eigenvalue weighted by atomic mass is 10.2. The Morgan fingerprint density at radius 3 is 3.17 bits per heavy atom. The molecule has 2 N–H and O–H groups in total. The summed E-state index contributed by atoms with van der Waals surface area (Å²) in [4.78, 5) is 0. The van der Waals surface area contributed by atoms with E-state index in [-0.39, 0.29) is 6.61 Å². The number of aromatic nitrogens is 2. The van der Waals surface area contributed by atoms with E-state index in [1.807, 2.05) is 6.07 Å². The van der Waals surface area contributed by atoms with E-state index in [2.05, 4.69) is 10.2 Å². The predicted molar refractivity (Wildman–Crippen MR) is 42.2 cm³/mol. The van der Waals surface area contributed by atoms with Gasteiger partial charge in [0.25, 0.3) is 0 Å². The minimum absolute atomic E-state index is 0.0352. The molecule has 0 aliphatic heterocycles. The second kappa shape index (κ2) is 2.83. The SMILES string of the molecule is OCc1cn[nH]c1-c1ccco1. The van der Waals surface area contributed by atoms with Crippen LogP contribution < -0.4 is 0 Å². The standard InChI is InChI=1S/C8H8N2O2/c11-5-6-4-9-10-8(6)7-2-1-3-12-7/h1-4,11H,5H2,(H,9,10). The van der Waals surface area contributed by atoms with Gasteiger partial charge in [-0.2, -0.15) is 5.10 Å². The van der Waals surface area contributed by atoms with Crippen LogP contribution >= 0.6 is 0 Å². The summed E-state index contributed by atoms with van der Waals surface area (Å²) < 4.78 is 5.14. The Kier molecular flexibility index (Phi) is 1.68. The molecule has 12 heavy (non-hydrogen) atoms. The summed E-state index contributed by atoms with van der Waals surface area (Å²) in [5.74, 6) is 0.691. The van der Waals surface area contributed by atoms with Crippen LogP contribution in [-0.4, -0.2) is 15.3 Å². The third-order valence-corrected chi connectivity index (χ3v) is 1.66. The van der Waals surface area contributed by atoms with Crippen LogP contribution in [0.2, 0.25) is 0 Å². The van der Waals surface area contributed by atoms with Gasteiger partial charge in [-0.25, -0.2) is 0 Å². The van der Waals surface area contributed by atoms with E-state index < -0.39 is 0 Å². The summed E-state index contributed by atoms with van der Waals surface area (Å²) in [6.07, 6.45) is 3.16. The van der Waals surface area contributed by atoms with Crippen LogP contribution in [0.5, 0.6) is 0 Å². The van der Waals surface area contributed by atoms with Crippen LogP contribution in [0.25, 0.3) is 11.5 Å². The molecule has 0 radical (unpaired) electrons. The molecule has 0 amide bonds. The molecule has 0 aliphatic carbocycles. The average Bonchev–Trinajstić information content (AvgIpc) is 2.74. The summed E-state index contributed by atoms with van der Waals surface area (Å²) >= 11 is 0. The lowest BCUT2D eigenvalue weighted by Gasteiger charge is -1.93. The van der Waals surface area contributed by atoms with Gasteiger partial charge in [-0.15, -0.1) is 0 Å². The fourth-order valence-corrected chi connectivity index (χ4v) is 1.07. The molecule has 0 unspecified atom stereocenters. The van der Waals surface area contributed by atoms with Gasteiger partial charge >= 0.3 is 0 Å². The molecule has 2 rings (SSSR count). The molecule has 0 aromatic carbocycles. The zero-order valence-electron chi connectivity index (χ0n) is 6.32. The molecular weight excluding hydrogens is 156 g/mol. The lowest BCUT2D eigenvalue weighted by molar-refractivity contribution is 0.282. The number of H-pyrrole nitrogens is 1. The van der Waals surface area contributed by atoms with E-state index >= 15 is 0 Å². The third-order valence-electron chi connectivity index (χ3n) is 1.66. The highest BCUT2D eigenvalue weighted by Crippen LogP contribution is 2.20. The lowest BCUT2D eigenvalue weighted by Crippen LogP contribution is -1.83. The van der Waals surface area contributed by atoms with Gasteiger partial charge in [0.05, 0.1) is 19.1 Å². The van der Waals surface area contributed by atoms with E-state index in [0.29, 0.717) is 5.76 Å². The van der Waals surface area contributed by atoms with Gasteiger partial charge in [0.2, 0.25) is 0 Å².